The van der Waals surface area contributed by atoms with E-state index in [2.05, 4.69) is 4.98 Å². The summed E-state index contributed by atoms with van der Waals surface area (Å²) in [5, 5.41) is 1.70. The quantitative estimate of drug-likeness (QED) is 0.190. The molecule has 7 aromatic rings. The Morgan fingerprint density at radius 2 is 0.540 bits per heavy atom. The van der Waals surface area contributed by atoms with Crippen molar-refractivity contribution in [3.63, 3.8) is 0 Å². The molecule has 0 bridgehead atoms. The van der Waals surface area contributed by atoms with E-state index in [-0.39, 0.29) is 121 Å². The predicted molar refractivity (Wildman–Crippen MR) is 237 cm³/mol. The van der Waals surface area contributed by atoms with Crippen LogP contribution in [0.3, 0.4) is 0 Å². The van der Waals surface area contributed by atoms with E-state index in [0.29, 0.717) is 42.0 Å². The van der Waals surface area contributed by atoms with Crippen LogP contribution in [0.5, 0.6) is 0 Å². The number of nitrogens with one attached hydrogen (secondary N) is 1. The number of aromatic amines is 1. The molecule has 0 atom stereocenters. The Morgan fingerprint density at radius 1 is 0.240 bits per heavy atom. The summed E-state index contributed by atoms with van der Waals surface area (Å²) >= 11 is 1.22. The van der Waals surface area contributed by atoms with Crippen molar-refractivity contribution < 1.29 is 0 Å². The van der Waals surface area contributed by atoms with Crippen LogP contribution in [-0.2, 0) is 0 Å². The molecule has 1 nitrogen and oxygen atoms in total. The molecule has 1 N–H and O–H groups in total. The molecule has 50 heavy (non-hydrogen) atoms. The van der Waals surface area contributed by atoms with Crippen molar-refractivity contribution in [2.24, 2.45) is 0 Å². The number of aromatic nitrogens is 1. The van der Waals surface area contributed by atoms with E-state index in [0.717, 1.165) is 0 Å². The Balaban J connectivity index is 1.71. The minimum absolute atomic E-state index is 0.000368. The van der Waals surface area contributed by atoms with Crippen LogP contribution in [0, 0.1) is 0 Å². The van der Waals surface area contributed by atoms with E-state index in [1.807, 2.05) is 0 Å². The third kappa shape index (κ3) is 4.45. The Kier molecular flexibility index (Phi) is 8.50. The molecule has 5 aromatic carbocycles. The van der Waals surface area contributed by atoms with E-state index in [9.17, 15) is 0 Å². The molecule has 0 aliphatic heterocycles. The fraction of sp³-hybridized carbons (Fsp3) is 0. The maximum absolute atomic E-state index is 6.97. The second kappa shape index (κ2) is 11.9. The van der Waals surface area contributed by atoms with E-state index in [1.165, 1.54) is 11.3 Å². The fourth-order valence-electron chi connectivity index (χ4n) is 6.83. The van der Waals surface area contributed by atoms with E-state index >= 15 is 0 Å². The van der Waals surface area contributed by atoms with Gasteiger partial charge in [-0.3, -0.25) is 0 Å². The SMILES string of the molecule is [B]c1c([B])c([B])c(-c2c([B])c([B])c3[nH]c4c(c([B])c([B])c5sc6c([B])c([B])c(-c7c([B])c([B])c([B])c([B])c7[B])c([B])c6c54)c3c2[B])c([B])c1[B]. The standard InChI is InChI=1S/C30HB18NS/c31-9-1(3-11(33)18(40)22(44)19(41)12(3)34)15(37)24(46)28-5(9)6-17(39)26(48)30-8(27(6)49-28)7-10(32)2(16(38)25(47)29(7)50-30)4-13(35)20(42)23(45)21(43)14(4)36/h49H. The fourth-order valence-corrected chi connectivity index (χ4v) is 8.10. The normalized spacial score (nSPS) is 11.8. The molecule has 20 heteroatoms. The maximum Gasteiger partial charge on any atom is 0.115 e. The first-order valence-electron chi connectivity index (χ1n) is 14.6. The largest absolute Gasteiger partial charge is 0.354 e. The van der Waals surface area contributed by atoms with Gasteiger partial charge in [0.25, 0.3) is 0 Å². The summed E-state index contributed by atoms with van der Waals surface area (Å²) in [4.78, 5) is 3.35. The van der Waals surface area contributed by atoms with Crippen LogP contribution < -0.4 is 98.3 Å². The molecular formula is C30HB18NS. The molecule has 0 fully saturated rings. The Labute approximate surface area is 318 Å². The van der Waals surface area contributed by atoms with Gasteiger partial charge >= 0.3 is 0 Å². The van der Waals surface area contributed by atoms with Crippen LogP contribution in [0.4, 0.5) is 0 Å². The average Bonchev–Trinajstić information content (AvgIpc) is 3.69. The molecule has 2 aromatic heterocycles. The highest BCUT2D eigenvalue weighted by Crippen LogP contribution is 2.37. The second-order valence-electron chi connectivity index (χ2n) is 12.1. The summed E-state index contributed by atoms with van der Waals surface area (Å²) in [5.74, 6) is 0. The molecule has 36 radical (unpaired) electrons. The highest BCUT2D eigenvalue weighted by molar-refractivity contribution is 7.28. The number of benzene rings is 5. The van der Waals surface area contributed by atoms with Crippen LogP contribution in [0.25, 0.3) is 64.2 Å². The second-order valence-corrected chi connectivity index (χ2v) is 13.1. The van der Waals surface area contributed by atoms with E-state index in [1.54, 1.807) is 0 Å². The number of rotatable bonds is 2. The lowest BCUT2D eigenvalue weighted by atomic mass is 9.57. The molecule has 0 amide bonds. The Morgan fingerprint density at radius 3 is 1.00 bits per heavy atom. The molecule has 0 aliphatic carbocycles. The van der Waals surface area contributed by atoms with Crippen LogP contribution in [0.1, 0.15) is 0 Å². The topological polar surface area (TPSA) is 15.8 Å². The van der Waals surface area contributed by atoms with Gasteiger partial charge in [0.15, 0.2) is 0 Å². The van der Waals surface area contributed by atoms with Gasteiger partial charge in [-0.1, -0.05) is 65.6 Å². The molecule has 0 saturated carbocycles. The van der Waals surface area contributed by atoms with E-state index < -0.39 is 0 Å². The average molecular weight is 602 g/mol. The lowest BCUT2D eigenvalue weighted by Crippen LogP contribution is -2.56. The van der Waals surface area contributed by atoms with Crippen molar-refractivity contribution in [2.45, 2.75) is 0 Å². The zero-order valence-corrected chi connectivity index (χ0v) is 27.1. The van der Waals surface area contributed by atoms with Gasteiger partial charge < -0.3 is 4.98 Å². The zero-order chi connectivity index (χ0) is 36.7. The van der Waals surface area contributed by atoms with Gasteiger partial charge in [-0.05, 0) is 38.4 Å². The highest BCUT2D eigenvalue weighted by atomic mass is 32.1. The van der Waals surface area contributed by atoms with Crippen LogP contribution in [-0.4, -0.2) is 146 Å². The smallest absolute Gasteiger partial charge is 0.115 e. The lowest BCUT2D eigenvalue weighted by Gasteiger charge is -2.26. The van der Waals surface area contributed by atoms with Crippen LogP contribution in [0.15, 0.2) is 0 Å². The predicted octanol–water partition coefficient (Wildman–Crippen LogP) is -12.7. The molecule has 186 valence electrons. The molecule has 0 aliphatic rings. The molecule has 0 unspecified atom stereocenters. The van der Waals surface area contributed by atoms with E-state index in [4.69, 9.17) is 141 Å². The van der Waals surface area contributed by atoms with Crippen molar-refractivity contribution in [1.82, 2.24) is 4.98 Å². The van der Waals surface area contributed by atoms with Gasteiger partial charge in [0.05, 0.1) is 5.52 Å². The van der Waals surface area contributed by atoms with Crippen molar-refractivity contribution in [3.05, 3.63) is 0 Å². The zero-order valence-electron chi connectivity index (χ0n) is 26.3. The van der Waals surface area contributed by atoms with Gasteiger partial charge in [0.1, 0.15) is 141 Å². The third-order valence-electron chi connectivity index (χ3n) is 9.57. The highest BCUT2D eigenvalue weighted by Gasteiger charge is 2.26. The van der Waals surface area contributed by atoms with Crippen molar-refractivity contribution in [1.29, 1.82) is 0 Å². The Hall–Kier alpha value is -2.71. The van der Waals surface area contributed by atoms with Gasteiger partial charge in [-0.15, -0.1) is 44.1 Å². The number of thiophene rings is 1. The first-order valence-corrected chi connectivity index (χ1v) is 15.4. The first kappa shape index (κ1) is 35.7. The van der Waals surface area contributed by atoms with Gasteiger partial charge in [-0.25, -0.2) is 0 Å². The van der Waals surface area contributed by atoms with Crippen molar-refractivity contribution >= 4 is 293 Å². The number of hydrogen-bond donors (Lipinski definition) is 1. The summed E-state index contributed by atoms with van der Waals surface area (Å²) in [6.45, 7) is 0. The molecule has 0 saturated heterocycles. The molecule has 0 spiro atoms. The minimum atomic E-state index is -0.00710. The third-order valence-corrected chi connectivity index (χ3v) is 10.8. The molecule has 7 rings (SSSR count). The van der Waals surface area contributed by atoms with Gasteiger partial charge in [0.2, 0.25) is 0 Å². The summed E-state index contributed by atoms with van der Waals surface area (Å²) in [5.41, 5.74) is 2.44. The first-order chi connectivity index (χ1) is 23.4. The summed E-state index contributed by atoms with van der Waals surface area (Å²) in [7, 11) is 117. The molecular weight excluding hydrogens is 601 g/mol. The summed E-state index contributed by atoms with van der Waals surface area (Å²) in [6, 6.07) is 0. The Bertz CT molecular complexity index is 2690. The van der Waals surface area contributed by atoms with Crippen LogP contribution >= 0.6 is 11.3 Å². The molecule has 2 heterocycles. The van der Waals surface area contributed by atoms with Gasteiger partial charge in [0, 0.05) is 20.3 Å². The number of fused-ring (bicyclic) bond motifs is 7. The number of hydrogen-bond acceptors (Lipinski definition) is 1. The minimum Gasteiger partial charge on any atom is -0.354 e. The monoisotopic (exact) mass is 605 g/mol. The van der Waals surface area contributed by atoms with Gasteiger partial charge in [-0.2, -0.15) is 0 Å². The van der Waals surface area contributed by atoms with Crippen LogP contribution in [0.2, 0.25) is 0 Å². The van der Waals surface area contributed by atoms with Crippen molar-refractivity contribution in [2.75, 3.05) is 0 Å². The maximum atomic E-state index is 6.97. The van der Waals surface area contributed by atoms with Crippen molar-refractivity contribution in [3.8, 4) is 22.3 Å². The number of H-pyrrole nitrogens is 1. The summed E-state index contributed by atoms with van der Waals surface area (Å²) in [6.07, 6.45) is 0. The summed E-state index contributed by atoms with van der Waals surface area (Å²) < 4.78 is 1.03. The lowest BCUT2D eigenvalue weighted by molar-refractivity contribution is 1.59.